The summed E-state index contributed by atoms with van der Waals surface area (Å²) in [6.07, 6.45) is 0.627. The Balaban J connectivity index is 1.71. The van der Waals surface area contributed by atoms with E-state index in [1.54, 1.807) is 20.3 Å². The van der Waals surface area contributed by atoms with Gasteiger partial charge in [-0.25, -0.2) is 0 Å². The monoisotopic (exact) mass is 313 g/mol. The summed E-state index contributed by atoms with van der Waals surface area (Å²) in [6.45, 7) is 0.370. The van der Waals surface area contributed by atoms with Crippen LogP contribution in [-0.4, -0.2) is 26.7 Å². The average molecular weight is 313 g/mol. The lowest BCUT2D eigenvalue weighted by atomic mass is 9.95. The van der Waals surface area contributed by atoms with E-state index in [0.717, 1.165) is 17.1 Å². The summed E-state index contributed by atoms with van der Waals surface area (Å²) in [5, 5.41) is 2.92. The van der Waals surface area contributed by atoms with E-state index >= 15 is 0 Å². The molecule has 5 heteroatoms. The van der Waals surface area contributed by atoms with Crippen molar-refractivity contribution in [3.63, 3.8) is 0 Å². The van der Waals surface area contributed by atoms with E-state index in [1.807, 2.05) is 36.4 Å². The van der Waals surface area contributed by atoms with Crippen LogP contribution in [0.2, 0.25) is 0 Å². The Kier molecular flexibility index (Phi) is 4.37. The molecule has 3 rings (SSSR count). The number of carbonyl (C=O) groups is 1. The number of methoxy groups -OCH3 is 2. The second kappa shape index (κ2) is 6.60. The summed E-state index contributed by atoms with van der Waals surface area (Å²) >= 11 is 0. The Morgan fingerprint density at radius 2 is 1.91 bits per heavy atom. The minimum Gasteiger partial charge on any atom is -0.497 e. The summed E-state index contributed by atoms with van der Waals surface area (Å²) in [5.74, 6) is 1.99. The molecule has 1 amide bonds. The van der Waals surface area contributed by atoms with E-state index in [9.17, 15) is 4.79 Å². The number of amides is 1. The van der Waals surface area contributed by atoms with Crippen LogP contribution in [0.1, 0.15) is 5.56 Å². The van der Waals surface area contributed by atoms with Crippen LogP contribution >= 0.6 is 0 Å². The van der Waals surface area contributed by atoms with E-state index in [4.69, 9.17) is 14.2 Å². The van der Waals surface area contributed by atoms with Gasteiger partial charge in [-0.15, -0.1) is 0 Å². The molecule has 1 heterocycles. The van der Waals surface area contributed by atoms with Gasteiger partial charge in [-0.2, -0.15) is 0 Å². The van der Waals surface area contributed by atoms with Crippen molar-refractivity contribution >= 4 is 11.6 Å². The fraction of sp³-hybridized carbons (Fsp3) is 0.278. The molecule has 5 nitrogen and oxygen atoms in total. The molecule has 2 aromatic rings. The summed E-state index contributed by atoms with van der Waals surface area (Å²) in [4.78, 5) is 12.5. The fourth-order valence-electron chi connectivity index (χ4n) is 2.61. The highest BCUT2D eigenvalue weighted by Gasteiger charge is 2.26. The SMILES string of the molecule is COc1cccc(NC(=O)C2COc3ccc(OC)cc3C2)c1. The first-order chi connectivity index (χ1) is 11.2. The van der Waals surface area contributed by atoms with Crippen molar-refractivity contribution in [1.29, 1.82) is 0 Å². The molecule has 0 aliphatic carbocycles. The summed E-state index contributed by atoms with van der Waals surface area (Å²) in [7, 11) is 3.22. The van der Waals surface area contributed by atoms with Crippen molar-refractivity contribution in [2.45, 2.75) is 6.42 Å². The number of carbonyl (C=O) groups excluding carboxylic acids is 1. The van der Waals surface area contributed by atoms with Crippen molar-refractivity contribution in [3.8, 4) is 17.2 Å². The van der Waals surface area contributed by atoms with Gasteiger partial charge in [-0.05, 0) is 42.3 Å². The molecule has 23 heavy (non-hydrogen) atoms. The van der Waals surface area contributed by atoms with Crippen LogP contribution in [0.3, 0.4) is 0 Å². The van der Waals surface area contributed by atoms with Gasteiger partial charge in [0.1, 0.15) is 23.9 Å². The molecular weight excluding hydrogens is 294 g/mol. The maximum atomic E-state index is 12.5. The Morgan fingerprint density at radius 3 is 2.70 bits per heavy atom. The first-order valence-corrected chi connectivity index (χ1v) is 7.44. The lowest BCUT2D eigenvalue weighted by Crippen LogP contribution is -2.32. The van der Waals surface area contributed by atoms with E-state index < -0.39 is 0 Å². The van der Waals surface area contributed by atoms with Crippen molar-refractivity contribution in [1.82, 2.24) is 0 Å². The molecule has 2 aromatic carbocycles. The minimum atomic E-state index is -0.235. The predicted octanol–water partition coefficient (Wildman–Crippen LogP) is 2.89. The zero-order chi connectivity index (χ0) is 16.2. The molecule has 0 fully saturated rings. The van der Waals surface area contributed by atoms with Gasteiger partial charge in [0, 0.05) is 11.8 Å². The average Bonchev–Trinajstić information content (AvgIpc) is 2.60. The number of anilines is 1. The zero-order valence-electron chi connectivity index (χ0n) is 13.2. The molecule has 0 saturated heterocycles. The fourth-order valence-corrected chi connectivity index (χ4v) is 2.61. The number of hydrogen-bond acceptors (Lipinski definition) is 4. The highest BCUT2D eigenvalue weighted by Crippen LogP contribution is 2.31. The number of ether oxygens (including phenoxy) is 3. The first kappa shape index (κ1) is 15.2. The van der Waals surface area contributed by atoms with Crippen molar-refractivity contribution in [3.05, 3.63) is 48.0 Å². The van der Waals surface area contributed by atoms with Crippen molar-refractivity contribution in [2.75, 3.05) is 26.1 Å². The molecule has 0 radical (unpaired) electrons. The highest BCUT2D eigenvalue weighted by molar-refractivity contribution is 5.93. The van der Waals surface area contributed by atoms with Crippen LogP contribution in [0.15, 0.2) is 42.5 Å². The molecule has 0 saturated carbocycles. The van der Waals surface area contributed by atoms with E-state index in [2.05, 4.69) is 5.32 Å². The topological polar surface area (TPSA) is 56.8 Å². The van der Waals surface area contributed by atoms with Crippen molar-refractivity contribution in [2.24, 2.45) is 5.92 Å². The van der Waals surface area contributed by atoms with Crippen LogP contribution in [-0.2, 0) is 11.2 Å². The smallest absolute Gasteiger partial charge is 0.231 e. The zero-order valence-corrected chi connectivity index (χ0v) is 13.2. The Hall–Kier alpha value is -2.69. The minimum absolute atomic E-state index is 0.0632. The summed E-state index contributed by atoms with van der Waals surface area (Å²) in [5.41, 5.74) is 1.70. The Labute approximate surface area is 135 Å². The van der Waals surface area contributed by atoms with Crippen LogP contribution in [0.4, 0.5) is 5.69 Å². The van der Waals surface area contributed by atoms with Crippen LogP contribution in [0.25, 0.3) is 0 Å². The lowest BCUT2D eigenvalue weighted by molar-refractivity contribution is -0.121. The van der Waals surface area contributed by atoms with Crippen LogP contribution in [0, 0.1) is 5.92 Å². The standard InChI is InChI=1S/C18H19NO4/c1-21-15-5-3-4-14(10-15)19-18(20)13-8-12-9-16(22-2)6-7-17(12)23-11-13/h3-7,9-10,13H,8,11H2,1-2H3,(H,19,20). The molecule has 1 aliphatic heterocycles. The molecule has 1 aliphatic rings. The molecular formula is C18H19NO4. The molecule has 1 unspecified atom stereocenters. The largest absolute Gasteiger partial charge is 0.497 e. The highest BCUT2D eigenvalue weighted by atomic mass is 16.5. The van der Waals surface area contributed by atoms with Gasteiger partial charge in [0.15, 0.2) is 0 Å². The van der Waals surface area contributed by atoms with E-state index in [0.29, 0.717) is 24.5 Å². The molecule has 0 bridgehead atoms. The Morgan fingerprint density at radius 1 is 1.13 bits per heavy atom. The predicted molar refractivity (Wildman–Crippen MR) is 87.3 cm³/mol. The molecule has 1 atom stereocenters. The van der Waals surface area contributed by atoms with Crippen molar-refractivity contribution < 1.29 is 19.0 Å². The molecule has 0 aromatic heterocycles. The first-order valence-electron chi connectivity index (χ1n) is 7.44. The number of benzene rings is 2. The third kappa shape index (κ3) is 3.39. The molecule has 120 valence electrons. The molecule has 1 N–H and O–H groups in total. The summed E-state index contributed by atoms with van der Waals surface area (Å²) in [6, 6.07) is 13.0. The van der Waals surface area contributed by atoms with Gasteiger partial charge >= 0.3 is 0 Å². The van der Waals surface area contributed by atoms with Gasteiger partial charge < -0.3 is 19.5 Å². The van der Waals surface area contributed by atoms with Gasteiger partial charge in [-0.3, -0.25) is 4.79 Å². The summed E-state index contributed by atoms with van der Waals surface area (Å²) < 4.78 is 16.1. The third-order valence-corrected chi connectivity index (χ3v) is 3.88. The maximum Gasteiger partial charge on any atom is 0.231 e. The van der Waals surface area contributed by atoms with E-state index in [1.165, 1.54) is 0 Å². The van der Waals surface area contributed by atoms with Gasteiger partial charge in [0.05, 0.1) is 20.1 Å². The maximum absolute atomic E-state index is 12.5. The van der Waals surface area contributed by atoms with Gasteiger partial charge in [0.25, 0.3) is 0 Å². The number of hydrogen-bond donors (Lipinski definition) is 1. The molecule has 0 spiro atoms. The third-order valence-electron chi connectivity index (χ3n) is 3.88. The second-order valence-electron chi connectivity index (χ2n) is 5.41. The van der Waals surface area contributed by atoms with Crippen LogP contribution in [0.5, 0.6) is 17.2 Å². The van der Waals surface area contributed by atoms with E-state index in [-0.39, 0.29) is 11.8 Å². The quantitative estimate of drug-likeness (QED) is 0.943. The normalized spacial score (nSPS) is 16.0. The number of rotatable bonds is 4. The Bertz CT molecular complexity index is 714. The lowest BCUT2D eigenvalue weighted by Gasteiger charge is -2.25. The second-order valence-corrected chi connectivity index (χ2v) is 5.41. The van der Waals surface area contributed by atoms with Crippen LogP contribution < -0.4 is 19.5 Å². The van der Waals surface area contributed by atoms with Gasteiger partial charge in [0.2, 0.25) is 5.91 Å². The van der Waals surface area contributed by atoms with Gasteiger partial charge in [-0.1, -0.05) is 6.07 Å². The number of nitrogens with one attached hydrogen (secondary N) is 1. The number of fused-ring (bicyclic) bond motifs is 1.